The first-order valence-electron chi connectivity index (χ1n) is 7.89. The van der Waals surface area contributed by atoms with Gasteiger partial charge in [0.1, 0.15) is 17.7 Å². The summed E-state index contributed by atoms with van der Waals surface area (Å²) in [4.78, 5) is 16.3. The Labute approximate surface area is 158 Å². The predicted molar refractivity (Wildman–Crippen MR) is 100 cm³/mol. The summed E-state index contributed by atoms with van der Waals surface area (Å²) in [5.41, 5.74) is 7.75. The molecule has 8 nitrogen and oxygen atoms in total. The van der Waals surface area contributed by atoms with E-state index in [9.17, 15) is 14.4 Å². The summed E-state index contributed by atoms with van der Waals surface area (Å²) < 4.78 is 15.3. The predicted octanol–water partition coefficient (Wildman–Crippen LogP) is 2.54. The van der Waals surface area contributed by atoms with E-state index >= 15 is 0 Å². The normalized spacial score (nSPS) is 10.6. The highest BCUT2D eigenvalue weighted by molar-refractivity contribution is 7.99. The van der Waals surface area contributed by atoms with Crippen LogP contribution in [0.5, 0.6) is 0 Å². The van der Waals surface area contributed by atoms with Crippen molar-refractivity contribution in [3.63, 3.8) is 0 Å². The summed E-state index contributed by atoms with van der Waals surface area (Å²) in [6, 6.07) is 8.06. The quantitative estimate of drug-likeness (QED) is 0.580. The largest absolute Gasteiger partial charge is 0.368 e. The molecule has 0 saturated heterocycles. The standard InChI is InChI=1S/C17H16FN7OS/c1-9-10(2)25(12-5-3-4-11(18)6-12)15(13(9)7-19)21-14(26)8-27-17-22-16(20)23-24-17/h3-6H,8H2,1-2H3,(H,21,26)(H3,20,22,23,24). The first-order chi connectivity index (χ1) is 12.9. The van der Waals surface area contributed by atoms with Crippen LogP contribution in [-0.2, 0) is 4.79 Å². The maximum absolute atomic E-state index is 13.7. The van der Waals surface area contributed by atoms with Crippen molar-refractivity contribution in [3.05, 3.63) is 46.9 Å². The van der Waals surface area contributed by atoms with Gasteiger partial charge < -0.3 is 11.1 Å². The minimum absolute atomic E-state index is 0.0224. The van der Waals surface area contributed by atoms with Crippen LogP contribution in [0.3, 0.4) is 0 Å². The number of hydrogen-bond donors (Lipinski definition) is 3. The third-order valence-corrected chi connectivity index (χ3v) is 4.81. The van der Waals surface area contributed by atoms with Crippen molar-refractivity contribution in [3.8, 4) is 11.8 Å². The molecule has 0 aliphatic rings. The number of nitrogen functional groups attached to an aromatic ring is 1. The third-order valence-electron chi connectivity index (χ3n) is 3.96. The molecule has 0 saturated carbocycles. The molecule has 3 rings (SSSR count). The maximum Gasteiger partial charge on any atom is 0.236 e. The molecule has 0 fully saturated rings. The fourth-order valence-electron chi connectivity index (χ4n) is 2.62. The number of nitrogens with one attached hydrogen (secondary N) is 2. The van der Waals surface area contributed by atoms with Gasteiger partial charge in [0.05, 0.1) is 17.0 Å². The molecule has 0 atom stereocenters. The Morgan fingerprint density at radius 2 is 2.26 bits per heavy atom. The second-order valence-corrected chi connectivity index (χ2v) is 6.64. The second-order valence-electron chi connectivity index (χ2n) is 5.70. The first-order valence-corrected chi connectivity index (χ1v) is 8.87. The molecule has 0 unspecified atom stereocenters. The highest BCUT2D eigenvalue weighted by atomic mass is 32.2. The van der Waals surface area contributed by atoms with E-state index in [2.05, 4.69) is 26.6 Å². The lowest BCUT2D eigenvalue weighted by atomic mass is 10.2. The highest BCUT2D eigenvalue weighted by Crippen LogP contribution is 2.30. The average molecular weight is 385 g/mol. The zero-order valence-corrected chi connectivity index (χ0v) is 15.4. The number of halogens is 1. The van der Waals surface area contributed by atoms with E-state index in [-0.39, 0.29) is 17.6 Å². The molecule has 0 aliphatic carbocycles. The van der Waals surface area contributed by atoms with Crippen LogP contribution >= 0.6 is 11.8 Å². The van der Waals surface area contributed by atoms with Gasteiger partial charge in [0.15, 0.2) is 0 Å². The van der Waals surface area contributed by atoms with Crippen LogP contribution in [0.1, 0.15) is 16.8 Å². The average Bonchev–Trinajstić information content (AvgIpc) is 3.15. The topological polar surface area (TPSA) is 125 Å². The van der Waals surface area contributed by atoms with Crippen LogP contribution < -0.4 is 11.1 Å². The first kappa shape index (κ1) is 18.5. The summed E-state index contributed by atoms with van der Waals surface area (Å²) in [6.45, 7) is 3.59. The minimum atomic E-state index is -0.410. The number of thioether (sulfide) groups is 1. The number of aromatic nitrogens is 4. The van der Waals surface area contributed by atoms with Crippen molar-refractivity contribution < 1.29 is 9.18 Å². The van der Waals surface area contributed by atoms with Crippen molar-refractivity contribution in [2.75, 3.05) is 16.8 Å². The van der Waals surface area contributed by atoms with Gasteiger partial charge in [-0.15, -0.1) is 5.10 Å². The van der Waals surface area contributed by atoms with E-state index in [0.29, 0.717) is 27.8 Å². The molecule has 10 heteroatoms. The second kappa shape index (κ2) is 7.51. The zero-order valence-electron chi connectivity index (χ0n) is 14.6. The van der Waals surface area contributed by atoms with Gasteiger partial charge in [-0.2, -0.15) is 10.2 Å². The number of nitriles is 1. The van der Waals surface area contributed by atoms with Crippen molar-refractivity contribution in [1.82, 2.24) is 19.7 Å². The van der Waals surface area contributed by atoms with Crippen molar-refractivity contribution in [2.45, 2.75) is 19.0 Å². The van der Waals surface area contributed by atoms with Crippen LogP contribution in [0.4, 0.5) is 16.2 Å². The van der Waals surface area contributed by atoms with Crippen LogP contribution in [-0.4, -0.2) is 31.4 Å². The summed E-state index contributed by atoms with van der Waals surface area (Å²) >= 11 is 1.10. The lowest BCUT2D eigenvalue weighted by Crippen LogP contribution is -2.18. The van der Waals surface area contributed by atoms with Crippen LogP contribution in [0.25, 0.3) is 5.69 Å². The van der Waals surface area contributed by atoms with Crippen LogP contribution in [0.2, 0.25) is 0 Å². The van der Waals surface area contributed by atoms with Gasteiger partial charge in [-0.05, 0) is 37.6 Å². The number of amides is 1. The Morgan fingerprint density at radius 3 is 2.89 bits per heavy atom. The molecule has 0 spiro atoms. The Balaban J connectivity index is 1.90. The number of carbonyl (C=O) groups excluding carboxylic acids is 1. The molecule has 0 radical (unpaired) electrons. The van der Waals surface area contributed by atoms with Crippen LogP contribution in [0.15, 0.2) is 29.4 Å². The molecule has 0 bridgehead atoms. The number of nitrogens with two attached hydrogens (primary N) is 1. The Bertz CT molecular complexity index is 1050. The van der Waals surface area contributed by atoms with E-state index in [1.807, 2.05) is 6.92 Å². The number of carbonyl (C=O) groups is 1. The van der Waals surface area contributed by atoms with Gasteiger partial charge in [0, 0.05) is 5.69 Å². The summed E-state index contributed by atoms with van der Waals surface area (Å²) in [5.74, 6) is -0.273. The number of rotatable bonds is 5. The van der Waals surface area contributed by atoms with E-state index in [1.165, 1.54) is 12.1 Å². The number of nitrogens with zero attached hydrogens (tertiary/aromatic N) is 4. The van der Waals surface area contributed by atoms with Gasteiger partial charge in [-0.25, -0.2) is 9.49 Å². The van der Waals surface area contributed by atoms with Gasteiger partial charge in [-0.1, -0.05) is 17.8 Å². The third kappa shape index (κ3) is 3.78. The number of hydrogen-bond acceptors (Lipinski definition) is 6. The maximum atomic E-state index is 13.7. The zero-order chi connectivity index (χ0) is 19.6. The molecule has 4 N–H and O–H groups in total. The van der Waals surface area contributed by atoms with Gasteiger partial charge in [-0.3, -0.25) is 9.36 Å². The van der Waals surface area contributed by atoms with Gasteiger partial charge >= 0.3 is 0 Å². The number of anilines is 2. The number of aromatic amines is 1. The molecule has 27 heavy (non-hydrogen) atoms. The van der Waals surface area contributed by atoms with Crippen molar-refractivity contribution in [1.29, 1.82) is 5.26 Å². The van der Waals surface area contributed by atoms with Crippen molar-refractivity contribution in [2.24, 2.45) is 0 Å². The van der Waals surface area contributed by atoms with E-state index in [0.717, 1.165) is 17.5 Å². The summed E-state index contributed by atoms with van der Waals surface area (Å²) in [7, 11) is 0. The van der Waals surface area contributed by atoms with E-state index < -0.39 is 5.82 Å². The Hall–Kier alpha value is -3.32. The van der Waals surface area contributed by atoms with Crippen molar-refractivity contribution >= 4 is 29.4 Å². The smallest absolute Gasteiger partial charge is 0.236 e. The summed E-state index contributed by atoms with van der Waals surface area (Å²) in [6.07, 6.45) is 0. The lowest BCUT2D eigenvalue weighted by molar-refractivity contribution is -0.113. The van der Waals surface area contributed by atoms with E-state index in [4.69, 9.17) is 5.73 Å². The Morgan fingerprint density at radius 1 is 1.48 bits per heavy atom. The minimum Gasteiger partial charge on any atom is -0.368 e. The fourth-order valence-corrected chi connectivity index (χ4v) is 3.23. The molecule has 2 aromatic heterocycles. The molecule has 1 amide bonds. The SMILES string of the molecule is Cc1c(C#N)c(NC(=O)CSc2n[nH]c(N)n2)n(-c2cccc(F)c2)c1C. The Kier molecular flexibility index (Phi) is 5.14. The monoisotopic (exact) mass is 385 g/mol. The fraction of sp³-hybridized carbons (Fsp3) is 0.176. The van der Waals surface area contributed by atoms with Gasteiger partial charge in [0.2, 0.25) is 17.0 Å². The lowest BCUT2D eigenvalue weighted by Gasteiger charge is -2.13. The molecule has 1 aromatic carbocycles. The number of H-pyrrole nitrogens is 1. The molecular formula is C17H16FN7OS. The molecule has 3 aromatic rings. The number of benzene rings is 1. The summed E-state index contributed by atoms with van der Waals surface area (Å²) in [5, 5.41) is 19.0. The molecule has 0 aliphatic heterocycles. The van der Waals surface area contributed by atoms with Gasteiger partial charge in [0.25, 0.3) is 0 Å². The highest BCUT2D eigenvalue weighted by Gasteiger charge is 2.21. The van der Waals surface area contributed by atoms with E-state index in [1.54, 1.807) is 23.6 Å². The molecule has 138 valence electrons. The molecular weight excluding hydrogens is 369 g/mol. The van der Waals surface area contributed by atoms with Crippen LogP contribution in [0, 0.1) is 31.0 Å². The molecule has 2 heterocycles.